The zero-order valence-electron chi connectivity index (χ0n) is 8.53. The van der Waals surface area contributed by atoms with E-state index in [9.17, 15) is 9.18 Å². The molecule has 1 atom stereocenters. The Morgan fingerprint density at radius 3 is 2.93 bits per heavy atom. The summed E-state index contributed by atoms with van der Waals surface area (Å²) in [4.78, 5) is 11.3. The Morgan fingerprint density at radius 2 is 2.33 bits per heavy atom. The van der Waals surface area contributed by atoms with Gasteiger partial charge in [-0.2, -0.15) is 0 Å². The third-order valence-electron chi connectivity index (χ3n) is 1.90. The number of amides is 1. The molecule has 0 spiro atoms. The molecule has 0 saturated carbocycles. The minimum Gasteiger partial charge on any atom is -0.393 e. The van der Waals surface area contributed by atoms with E-state index in [0.29, 0.717) is 12.1 Å². The van der Waals surface area contributed by atoms with Crippen molar-refractivity contribution in [2.75, 3.05) is 5.32 Å². The summed E-state index contributed by atoms with van der Waals surface area (Å²) in [5, 5.41) is 11.5. The molecule has 0 aliphatic heterocycles. The van der Waals surface area contributed by atoms with Gasteiger partial charge in [0.25, 0.3) is 0 Å². The zero-order valence-corrected chi connectivity index (χ0v) is 8.53. The van der Waals surface area contributed by atoms with Gasteiger partial charge in [0.15, 0.2) is 0 Å². The van der Waals surface area contributed by atoms with Crippen LogP contribution in [-0.4, -0.2) is 17.1 Å². The number of rotatable bonds is 4. The van der Waals surface area contributed by atoms with Gasteiger partial charge in [-0.25, -0.2) is 4.39 Å². The van der Waals surface area contributed by atoms with Crippen LogP contribution in [-0.2, 0) is 4.79 Å². The van der Waals surface area contributed by atoms with Crippen molar-refractivity contribution in [3.8, 4) is 0 Å². The molecule has 0 bridgehead atoms. The monoisotopic (exact) mass is 211 g/mol. The van der Waals surface area contributed by atoms with E-state index < -0.39 is 6.10 Å². The summed E-state index contributed by atoms with van der Waals surface area (Å²) < 4.78 is 12.7. The van der Waals surface area contributed by atoms with E-state index in [4.69, 9.17) is 5.11 Å². The topological polar surface area (TPSA) is 49.3 Å². The number of aliphatic hydroxyl groups excluding tert-OH is 1. The van der Waals surface area contributed by atoms with Crippen molar-refractivity contribution < 1.29 is 14.3 Å². The molecule has 82 valence electrons. The molecule has 0 fully saturated rings. The number of anilines is 1. The summed E-state index contributed by atoms with van der Waals surface area (Å²) in [6.45, 7) is 1.62. The maximum atomic E-state index is 12.7. The number of hydrogen-bond acceptors (Lipinski definition) is 2. The number of aliphatic hydroxyl groups is 1. The first-order valence-corrected chi connectivity index (χ1v) is 4.81. The lowest BCUT2D eigenvalue weighted by Crippen LogP contribution is -2.14. The van der Waals surface area contributed by atoms with Gasteiger partial charge in [-0.15, -0.1) is 0 Å². The van der Waals surface area contributed by atoms with Gasteiger partial charge in [-0.3, -0.25) is 4.79 Å². The summed E-state index contributed by atoms with van der Waals surface area (Å²) in [6.07, 6.45) is 0.137. The van der Waals surface area contributed by atoms with E-state index in [-0.39, 0.29) is 18.1 Å². The second-order valence-electron chi connectivity index (χ2n) is 3.45. The zero-order chi connectivity index (χ0) is 11.3. The fourth-order valence-corrected chi connectivity index (χ4v) is 1.13. The smallest absolute Gasteiger partial charge is 0.224 e. The fraction of sp³-hybridized carbons (Fsp3) is 0.364. The molecule has 15 heavy (non-hydrogen) atoms. The van der Waals surface area contributed by atoms with Crippen LogP contribution in [0.5, 0.6) is 0 Å². The number of carbonyl (C=O) groups excluding carboxylic acids is 1. The van der Waals surface area contributed by atoms with E-state index in [1.54, 1.807) is 13.0 Å². The van der Waals surface area contributed by atoms with E-state index >= 15 is 0 Å². The largest absolute Gasteiger partial charge is 0.393 e. The van der Waals surface area contributed by atoms with E-state index in [2.05, 4.69) is 5.32 Å². The third-order valence-corrected chi connectivity index (χ3v) is 1.90. The second kappa shape index (κ2) is 5.46. The molecule has 0 radical (unpaired) electrons. The number of halogens is 1. The lowest BCUT2D eigenvalue weighted by atomic mass is 10.2. The molecule has 1 aromatic carbocycles. The SMILES string of the molecule is CC(O)CCC(=O)Nc1cccc(F)c1. The highest BCUT2D eigenvalue weighted by atomic mass is 19.1. The van der Waals surface area contributed by atoms with Gasteiger partial charge in [0.2, 0.25) is 5.91 Å². The summed E-state index contributed by atoms with van der Waals surface area (Å²) in [7, 11) is 0. The van der Waals surface area contributed by atoms with Gasteiger partial charge >= 0.3 is 0 Å². The average molecular weight is 211 g/mol. The molecule has 0 aliphatic carbocycles. The van der Waals surface area contributed by atoms with Crippen molar-refractivity contribution in [2.45, 2.75) is 25.9 Å². The predicted octanol–water partition coefficient (Wildman–Crippen LogP) is 1.93. The van der Waals surface area contributed by atoms with Crippen LogP contribution >= 0.6 is 0 Å². The maximum Gasteiger partial charge on any atom is 0.224 e. The first kappa shape index (κ1) is 11.7. The van der Waals surface area contributed by atoms with Crippen LogP contribution in [0.1, 0.15) is 19.8 Å². The molecule has 1 aromatic rings. The molecule has 0 saturated heterocycles. The van der Waals surface area contributed by atoms with Crippen LogP contribution in [0.4, 0.5) is 10.1 Å². The number of hydrogen-bond donors (Lipinski definition) is 2. The molecule has 1 amide bonds. The van der Waals surface area contributed by atoms with Crippen LogP contribution in [0.3, 0.4) is 0 Å². The molecule has 2 N–H and O–H groups in total. The Balaban J connectivity index is 2.44. The first-order chi connectivity index (χ1) is 7.08. The van der Waals surface area contributed by atoms with Crippen molar-refractivity contribution in [2.24, 2.45) is 0 Å². The maximum absolute atomic E-state index is 12.7. The van der Waals surface area contributed by atoms with Gasteiger partial charge in [0, 0.05) is 12.1 Å². The molecule has 1 rings (SSSR count). The van der Waals surface area contributed by atoms with Gasteiger partial charge in [-0.05, 0) is 31.5 Å². The van der Waals surface area contributed by atoms with Crippen LogP contribution in [0, 0.1) is 5.82 Å². The molecule has 0 aromatic heterocycles. The van der Waals surface area contributed by atoms with Crippen molar-refractivity contribution in [3.63, 3.8) is 0 Å². The minimum atomic E-state index is -0.497. The Hall–Kier alpha value is -1.42. The second-order valence-corrected chi connectivity index (χ2v) is 3.45. The average Bonchev–Trinajstić information content (AvgIpc) is 2.15. The molecule has 0 aliphatic rings. The Kier molecular flexibility index (Phi) is 4.24. The summed E-state index contributed by atoms with van der Waals surface area (Å²) in [5.74, 6) is -0.607. The summed E-state index contributed by atoms with van der Waals surface area (Å²) >= 11 is 0. The predicted molar refractivity (Wildman–Crippen MR) is 55.9 cm³/mol. The van der Waals surface area contributed by atoms with Gasteiger partial charge < -0.3 is 10.4 Å². The van der Waals surface area contributed by atoms with E-state index in [1.807, 2.05) is 0 Å². The fourth-order valence-electron chi connectivity index (χ4n) is 1.13. The molecule has 0 heterocycles. The van der Waals surface area contributed by atoms with Gasteiger partial charge in [-0.1, -0.05) is 6.07 Å². The van der Waals surface area contributed by atoms with Crippen molar-refractivity contribution in [1.82, 2.24) is 0 Å². The highest BCUT2D eigenvalue weighted by molar-refractivity contribution is 5.90. The first-order valence-electron chi connectivity index (χ1n) is 4.81. The summed E-state index contributed by atoms with van der Waals surface area (Å²) in [5.41, 5.74) is 0.436. The van der Waals surface area contributed by atoms with Gasteiger partial charge in [0.1, 0.15) is 5.82 Å². The Bertz CT molecular complexity index is 339. The number of carbonyl (C=O) groups is 1. The molecular formula is C11H14FNO2. The molecule has 1 unspecified atom stereocenters. The molecule has 3 nitrogen and oxygen atoms in total. The van der Waals surface area contributed by atoms with Crippen molar-refractivity contribution in [3.05, 3.63) is 30.1 Å². The third kappa shape index (κ3) is 4.56. The van der Waals surface area contributed by atoms with Crippen molar-refractivity contribution in [1.29, 1.82) is 0 Å². The van der Waals surface area contributed by atoms with Crippen LogP contribution in [0.25, 0.3) is 0 Å². The lowest BCUT2D eigenvalue weighted by molar-refractivity contribution is -0.116. The van der Waals surface area contributed by atoms with Crippen LogP contribution in [0.15, 0.2) is 24.3 Å². The van der Waals surface area contributed by atoms with Crippen LogP contribution < -0.4 is 5.32 Å². The van der Waals surface area contributed by atoms with Gasteiger partial charge in [0.05, 0.1) is 6.10 Å². The number of nitrogens with one attached hydrogen (secondary N) is 1. The van der Waals surface area contributed by atoms with E-state index in [1.165, 1.54) is 18.2 Å². The Labute approximate surface area is 87.9 Å². The van der Waals surface area contributed by atoms with E-state index in [0.717, 1.165) is 0 Å². The molecular weight excluding hydrogens is 197 g/mol. The minimum absolute atomic E-state index is 0.221. The van der Waals surface area contributed by atoms with Crippen molar-refractivity contribution >= 4 is 11.6 Å². The normalized spacial score (nSPS) is 12.2. The number of benzene rings is 1. The highest BCUT2D eigenvalue weighted by Crippen LogP contribution is 2.09. The quantitative estimate of drug-likeness (QED) is 0.799. The van der Waals surface area contributed by atoms with Crippen LogP contribution in [0.2, 0.25) is 0 Å². The Morgan fingerprint density at radius 1 is 1.60 bits per heavy atom. The molecule has 4 heteroatoms. The lowest BCUT2D eigenvalue weighted by Gasteiger charge is -2.06. The summed E-state index contributed by atoms with van der Waals surface area (Å²) in [6, 6.07) is 5.70. The standard InChI is InChI=1S/C11H14FNO2/c1-8(14)5-6-11(15)13-10-4-2-3-9(12)7-10/h2-4,7-8,14H,5-6H2,1H3,(H,13,15). The highest BCUT2D eigenvalue weighted by Gasteiger charge is 2.04.